The number of nitrogens with zero attached hydrogens (tertiary/aromatic N) is 4. The monoisotopic (exact) mass is 480 g/mol. The number of hydrogen-bond acceptors (Lipinski definition) is 7. The first kappa shape index (κ1) is 23.5. The molecule has 0 radical (unpaired) electrons. The number of nitrogens with one attached hydrogen (secondary N) is 2. The number of aliphatic hydroxyl groups excluding tert-OH is 1. The summed E-state index contributed by atoms with van der Waals surface area (Å²) in [5.74, 6) is 1.01. The third-order valence-corrected chi connectivity index (χ3v) is 5.03. The number of hydrogen-bond donors (Lipinski definition) is 3. The van der Waals surface area contributed by atoms with Crippen LogP contribution in [0, 0.1) is 0 Å². The molecular formula is C24H25ClN6O3. The summed E-state index contributed by atoms with van der Waals surface area (Å²) in [6.07, 6.45) is 4.88. The molecule has 3 heterocycles. The Labute approximate surface area is 201 Å². The maximum absolute atomic E-state index is 12.4. The van der Waals surface area contributed by atoms with E-state index in [1.807, 2.05) is 37.6 Å². The zero-order valence-electron chi connectivity index (χ0n) is 19.0. The molecule has 0 aliphatic rings. The average Bonchev–Trinajstić information content (AvgIpc) is 3.19. The molecule has 1 aromatic carbocycles. The van der Waals surface area contributed by atoms with Gasteiger partial charge in [0, 0.05) is 23.8 Å². The molecule has 10 heteroatoms. The highest BCUT2D eigenvalue weighted by Gasteiger charge is 2.16. The van der Waals surface area contributed by atoms with E-state index in [2.05, 4.69) is 25.6 Å². The van der Waals surface area contributed by atoms with Gasteiger partial charge < -0.3 is 25.0 Å². The summed E-state index contributed by atoms with van der Waals surface area (Å²) in [7, 11) is 0. The number of fused-ring (bicyclic) bond motifs is 1. The lowest BCUT2D eigenvalue weighted by molar-refractivity contribution is 0.0919. The Morgan fingerprint density at radius 3 is 2.74 bits per heavy atom. The second-order valence-corrected chi connectivity index (χ2v) is 9.07. The van der Waals surface area contributed by atoms with Gasteiger partial charge >= 0.3 is 0 Å². The van der Waals surface area contributed by atoms with Gasteiger partial charge in [0.25, 0.3) is 5.91 Å². The molecule has 9 nitrogen and oxygen atoms in total. The van der Waals surface area contributed by atoms with Gasteiger partial charge in [0.15, 0.2) is 5.82 Å². The van der Waals surface area contributed by atoms with Gasteiger partial charge in [-0.3, -0.25) is 4.79 Å². The minimum atomic E-state index is -0.351. The van der Waals surface area contributed by atoms with Crippen molar-refractivity contribution in [3.05, 3.63) is 65.7 Å². The van der Waals surface area contributed by atoms with E-state index in [1.54, 1.807) is 36.5 Å². The first-order valence-corrected chi connectivity index (χ1v) is 11.0. The van der Waals surface area contributed by atoms with Crippen LogP contribution in [0.3, 0.4) is 0 Å². The number of halogens is 1. The molecule has 1 amide bonds. The molecule has 0 bridgehead atoms. The van der Waals surface area contributed by atoms with Crippen molar-refractivity contribution in [2.75, 3.05) is 11.9 Å². The summed E-state index contributed by atoms with van der Waals surface area (Å²) >= 11 is 6.44. The molecule has 0 saturated carbocycles. The second kappa shape index (κ2) is 9.66. The third-order valence-electron chi connectivity index (χ3n) is 4.76. The minimum Gasteiger partial charge on any atom is -0.438 e. The normalized spacial score (nSPS) is 11.4. The van der Waals surface area contributed by atoms with Gasteiger partial charge in [0.05, 0.1) is 24.0 Å². The quantitative estimate of drug-likeness (QED) is 0.356. The van der Waals surface area contributed by atoms with Crippen molar-refractivity contribution in [1.29, 1.82) is 0 Å². The number of pyridine rings is 1. The Morgan fingerprint density at radius 2 is 2.00 bits per heavy atom. The van der Waals surface area contributed by atoms with Gasteiger partial charge in [-0.15, -0.1) is 0 Å². The van der Waals surface area contributed by atoms with E-state index >= 15 is 0 Å². The third kappa shape index (κ3) is 5.44. The minimum absolute atomic E-state index is 0.00337. The predicted molar refractivity (Wildman–Crippen MR) is 131 cm³/mol. The van der Waals surface area contributed by atoms with Gasteiger partial charge in [0.1, 0.15) is 22.6 Å². The lowest BCUT2D eigenvalue weighted by atomic mass is 10.1. The van der Waals surface area contributed by atoms with E-state index in [0.29, 0.717) is 29.4 Å². The molecular weight excluding hydrogens is 456 g/mol. The zero-order valence-corrected chi connectivity index (χ0v) is 19.8. The predicted octanol–water partition coefficient (Wildman–Crippen LogP) is 4.54. The number of carbonyl (C=O) groups excluding carboxylic acids is 1. The standard InChI is InChI=1S/C24H25ClN6O3/c1-24(2,3)30-22(33)15-5-4-6-17(11-15)34-23-18(25)12-16(13-26-23)29-21-20-19(27-14-28-21)7-8-31(20)9-10-32/h4-8,11-14,32H,9-10H2,1-3H3,(H,30,33)(H,27,28,29). The van der Waals surface area contributed by atoms with Crippen molar-refractivity contribution in [1.82, 2.24) is 24.8 Å². The summed E-state index contributed by atoms with van der Waals surface area (Å²) < 4.78 is 7.70. The van der Waals surface area contributed by atoms with Gasteiger partial charge in [-0.2, -0.15) is 0 Å². The molecule has 3 N–H and O–H groups in total. The maximum Gasteiger partial charge on any atom is 0.251 e. The lowest BCUT2D eigenvalue weighted by Crippen LogP contribution is -2.40. The van der Waals surface area contributed by atoms with E-state index in [4.69, 9.17) is 16.3 Å². The summed E-state index contributed by atoms with van der Waals surface area (Å²) in [5.41, 5.74) is 2.24. The number of ether oxygens (including phenoxy) is 1. The summed E-state index contributed by atoms with van der Waals surface area (Å²) in [5, 5.41) is 15.7. The smallest absolute Gasteiger partial charge is 0.251 e. The number of amides is 1. The van der Waals surface area contributed by atoms with Gasteiger partial charge in [-0.25, -0.2) is 15.0 Å². The Morgan fingerprint density at radius 1 is 1.18 bits per heavy atom. The number of rotatable bonds is 7. The number of anilines is 2. The number of carbonyl (C=O) groups is 1. The molecule has 4 aromatic rings. The fraction of sp³-hybridized carbons (Fsp3) is 0.250. The van der Waals surface area contributed by atoms with E-state index in [0.717, 1.165) is 11.0 Å². The molecule has 0 unspecified atom stereocenters. The number of benzene rings is 1. The topological polar surface area (TPSA) is 114 Å². The van der Waals surface area contributed by atoms with Crippen LogP contribution in [0.5, 0.6) is 11.6 Å². The van der Waals surface area contributed by atoms with Crippen LogP contribution in [-0.4, -0.2) is 42.7 Å². The van der Waals surface area contributed by atoms with Gasteiger partial charge in [-0.1, -0.05) is 17.7 Å². The number of aromatic nitrogens is 4. The van der Waals surface area contributed by atoms with Crippen LogP contribution >= 0.6 is 11.6 Å². The maximum atomic E-state index is 12.4. The van der Waals surface area contributed by atoms with Gasteiger partial charge in [0.2, 0.25) is 5.88 Å². The Hall–Kier alpha value is -3.69. The Balaban J connectivity index is 1.53. The fourth-order valence-corrected chi connectivity index (χ4v) is 3.55. The largest absolute Gasteiger partial charge is 0.438 e. The molecule has 0 aliphatic heterocycles. The van der Waals surface area contributed by atoms with Crippen molar-refractivity contribution in [2.24, 2.45) is 0 Å². The van der Waals surface area contributed by atoms with Crippen LogP contribution in [0.1, 0.15) is 31.1 Å². The fourth-order valence-electron chi connectivity index (χ4n) is 3.35. The SMILES string of the molecule is CC(C)(C)NC(=O)c1cccc(Oc2ncc(Nc3ncnc4ccn(CCO)c34)cc2Cl)c1. The van der Waals surface area contributed by atoms with E-state index in [1.165, 1.54) is 6.33 Å². The van der Waals surface area contributed by atoms with Crippen LogP contribution in [0.15, 0.2) is 55.1 Å². The highest BCUT2D eigenvalue weighted by Crippen LogP contribution is 2.31. The van der Waals surface area contributed by atoms with Crippen molar-refractivity contribution in [3.63, 3.8) is 0 Å². The second-order valence-electron chi connectivity index (χ2n) is 8.66. The van der Waals surface area contributed by atoms with Crippen molar-refractivity contribution in [3.8, 4) is 11.6 Å². The molecule has 0 fully saturated rings. The summed E-state index contributed by atoms with van der Waals surface area (Å²) in [6, 6.07) is 10.3. The van der Waals surface area contributed by atoms with Crippen LogP contribution < -0.4 is 15.4 Å². The van der Waals surface area contributed by atoms with Gasteiger partial charge in [-0.05, 0) is 51.1 Å². The van der Waals surface area contributed by atoms with E-state index in [9.17, 15) is 9.90 Å². The molecule has 34 heavy (non-hydrogen) atoms. The molecule has 0 aliphatic carbocycles. The van der Waals surface area contributed by atoms with Crippen molar-refractivity contribution >= 4 is 40.0 Å². The van der Waals surface area contributed by atoms with Crippen LogP contribution in [0.25, 0.3) is 11.0 Å². The average molecular weight is 481 g/mol. The summed E-state index contributed by atoms with van der Waals surface area (Å²) in [4.78, 5) is 25.4. The molecule has 176 valence electrons. The first-order valence-electron chi connectivity index (χ1n) is 10.7. The summed E-state index contributed by atoms with van der Waals surface area (Å²) in [6.45, 7) is 6.17. The Kier molecular flexibility index (Phi) is 6.67. The van der Waals surface area contributed by atoms with E-state index < -0.39 is 0 Å². The molecule has 0 spiro atoms. The Bertz CT molecular complexity index is 1330. The van der Waals surface area contributed by atoms with E-state index in [-0.39, 0.29) is 29.0 Å². The lowest BCUT2D eigenvalue weighted by Gasteiger charge is -2.20. The van der Waals surface area contributed by atoms with Crippen LogP contribution in [-0.2, 0) is 6.54 Å². The molecule has 0 atom stereocenters. The molecule has 0 saturated heterocycles. The zero-order chi connectivity index (χ0) is 24.3. The first-order chi connectivity index (χ1) is 16.2. The molecule has 3 aromatic heterocycles. The van der Waals surface area contributed by atoms with Crippen LogP contribution in [0.2, 0.25) is 5.02 Å². The highest BCUT2D eigenvalue weighted by molar-refractivity contribution is 6.32. The highest BCUT2D eigenvalue weighted by atomic mass is 35.5. The molecule has 4 rings (SSSR count). The van der Waals surface area contributed by atoms with Crippen molar-refractivity contribution in [2.45, 2.75) is 32.9 Å². The number of aliphatic hydroxyl groups is 1. The van der Waals surface area contributed by atoms with Crippen molar-refractivity contribution < 1.29 is 14.6 Å². The van der Waals surface area contributed by atoms with Crippen LogP contribution in [0.4, 0.5) is 11.5 Å².